The van der Waals surface area contributed by atoms with Crippen LogP contribution >= 0.6 is 0 Å². The standard InChI is InChI=1S/C9H8O4/c1-5-2-7-8(13-4-12-7)3-6(5)9(10)11/h2-3H,4H2,1H3,(H,10,11)/p-1. The second-order valence-electron chi connectivity index (χ2n) is 2.81. The van der Waals surface area contributed by atoms with Crippen molar-refractivity contribution < 1.29 is 19.4 Å². The van der Waals surface area contributed by atoms with Crippen molar-refractivity contribution in [3.8, 4) is 11.5 Å². The number of hydrogen-bond acceptors (Lipinski definition) is 4. The quantitative estimate of drug-likeness (QED) is 0.612. The maximum Gasteiger partial charge on any atom is 0.231 e. The first-order valence-electron chi connectivity index (χ1n) is 3.80. The van der Waals surface area contributed by atoms with Gasteiger partial charge in [-0.05, 0) is 24.6 Å². The molecule has 0 aromatic heterocycles. The van der Waals surface area contributed by atoms with E-state index in [0.29, 0.717) is 17.1 Å². The molecule has 68 valence electrons. The molecular formula is C9H7O4-. The molecule has 0 atom stereocenters. The summed E-state index contributed by atoms with van der Waals surface area (Å²) in [4.78, 5) is 10.6. The lowest BCUT2D eigenvalue weighted by Crippen LogP contribution is -2.23. The molecule has 0 saturated heterocycles. The van der Waals surface area contributed by atoms with Crippen LogP contribution in [0, 0.1) is 6.92 Å². The van der Waals surface area contributed by atoms with Gasteiger partial charge in [-0.25, -0.2) is 0 Å². The molecule has 1 aliphatic heterocycles. The van der Waals surface area contributed by atoms with E-state index in [0.717, 1.165) is 0 Å². The number of ether oxygens (including phenoxy) is 2. The van der Waals surface area contributed by atoms with Gasteiger partial charge in [0.25, 0.3) is 0 Å². The van der Waals surface area contributed by atoms with Gasteiger partial charge in [0.1, 0.15) is 0 Å². The van der Waals surface area contributed by atoms with E-state index in [2.05, 4.69) is 0 Å². The minimum Gasteiger partial charge on any atom is -0.545 e. The lowest BCUT2D eigenvalue weighted by Gasteiger charge is -2.07. The van der Waals surface area contributed by atoms with Gasteiger partial charge in [-0.15, -0.1) is 0 Å². The molecule has 0 bridgehead atoms. The fourth-order valence-electron chi connectivity index (χ4n) is 1.26. The topological polar surface area (TPSA) is 58.6 Å². The highest BCUT2D eigenvalue weighted by Crippen LogP contribution is 2.34. The SMILES string of the molecule is Cc1cc2c(cc1C(=O)[O-])OCO2. The summed E-state index contributed by atoms with van der Waals surface area (Å²) in [6.07, 6.45) is 0. The van der Waals surface area contributed by atoms with Crippen molar-refractivity contribution in [2.45, 2.75) is 6.92 Å². The van der Waals surface area contributed by atoms with Crippen molar-refractivity contribution in [2.75, 3.05) is 6.79 Å². The summed E-state index contributed by atoms with van der Waals surface area (Å²) in [6, 6.07) is 3.06. The van der Waals surface area contributed by atoms with E-state index >= 15 is 0 Å². The molecule has 0 saturated carbocycles. The van der Waals surface area contributed by atoms with Crippen molar-refractivity contribution in [1.29, 1.82) is 0 Å². The lowest BCUT2D eigenvalue weighted by molar-refractivity contribution is -0.255. The van der Waals surface area contributed by atoms with E-state index < -0.39 is 5.97 Å². The van der Waals surface area contributed by atoms with Crippen LogP contribution in [0.15, 0.2) is 12.1 Å². The monoisotopic (exact) mass is 179 g/mol. The Kier molecular flexibility index (Phi) is 1.62. The lowest BCUT2D eigenvalue weighted by atomic mass is 10.1. The fraction of sp³-hybridized carbons (Fsp3) is 0.222. The number of carbonyl (C=O) groups excluding carboxylic acids is 1. The van der Waals surface area contributed by atoms with Crippen LogP contribution in [-0.2, 0) is 0 Å². The van der Waals surface area contributed by atoms with Crippen LogP contribution in [-0.4, -0.2) is 12.8 Å². The highest BCUT2D eigenvalue weighted by molar-refractivity contribution is 5.88. The Morgan fingerprint density at radius 1 is 1.38 bits per heavy atom. The number of aryl methyl sites for hydroxylation is 1. The van der Waals surface area contributed by atoms with Crippen LogP contribution < -0.4 is 14.6 Å². The highest BCUT2D eigenvalue weighted by atomic mass is 16.7. The number of fused-ring (bicyclic) bond motifs is 1. The molecule has 2 rings (SSSR count). The van der Waals surface area contributed by atoms with Gasteiger partial charge in [-0.3, -0.25) is 0 Å². The summed E-state index contributed by atoms with van der Waals surface area (Å²) in [5.74, 6) is -0.150. The maximum absolute atomic E-state index is 10.6. The van der Waals surface area contributed by atoms with Crippen molar-refractivity contribution in [2.24, 2.45) is 0 Å². The molecule has 1 aromatic carbocycles. The summed E-state index contributed by atoms with van der Waals surface area (Å²) in [7, 11) is 0. The minimum atomic E-state index is -1.20. The normalized spacial score (nSPS) is 13.0. The fourth-order valence-corrected chi connectivity index (χ4v) is 1.26. The first kappa shape index (κ1) is 7.91. The van der Waals surface area contributed by atoms with Crippen LogP contribution in [0.5, 0.6) is 11.5 Å². The van der Waals surface area contributed by atoms with Gasteiger partial charge < -0.3 is 19.4 Å². The van der Waals surface area contributed by atoms with E-state index in [4.69, 9.17) is 9.47 Å². The first-order chi connectivity index (χ1) is 6.18. The molecule has 13 heavy (non-hydrogen) atoms. The molecule has 0 unspecified atom stereocenters. The Balaban J connectivity index is 2.55. The molecule has 0 radical (unpaired) electrons. The number of hydrogen-bond donors (Lipinski definition) is 0. The van der Waals surface area contributed by atoms with Crippen molar-refractivity contribution >= 4 is 5.97 Å². The van der Waals surface area contributed by atoms with Crippen LogP contribution in [0.3, 0.4) is 0 Å². The second kappa shape index (κ2) is 2.65. The average Bonchev–Trinajstić information content (AvgIpc) is 2.48. The van der Waals surface area contributed by atoms with Crippen LogP contribution in [0.25, 0.3) is 0 Å². The van der Waals surface area contributed by atoms with E-state index in [-0.39, 0.29) is 12.4 Å². The third-order valence-corrected chi connectivity index (χ3v) is 1.94. The van der Waals surface area contributed by atoms with Gasteiger partial charge >= 0.3 is 0 Å². The molecule has 4 heteroatoms. The Bertz CT molecular complexity index is 370. The number of carbonyl (C=O) groups is 1. The smallest absolute Gasteiger partial charge is 0.231 e. The van der Waals surface area contributed by atoms with Gasteiger partial charge in [0, 0.05) is 5.56 Å². The van der Waals surface area contributed by atoms with Gasteiger partial charge in [0.15, 0.2) is 11.5 Å². The molecule has 0 amide bonds. The zero-order valence-electron chi connectivity index (χ0n) is 6.99. The molecular weight excluding hydrogens is 172 g/mol. The molecule has 1 heterocycles. The van der Waals surface area contributed by atoms with Crippen molar-refractivity contribution in [3.05, 3.63) is 23.3 Å². The molecule has 1 aromatic rings. The number of rotatable bonds is 1. The van der Waals surface area contributed by atoms with Crippen LogP contribution in [0.4, 0.5) is 0 Å². The first-order valence-corrected chi connectivity index (χ1v) is 3.80. The molecule has 4 nitrogen and oxygen atoms in total. The summed E-state index contributed by atoms with van der Waals surface area (Å²) >= 11 is 0. The maximum atomic E-state index is 10.6. The Morgan fingerprint density at radius 3 is 2.62 bits per heavy atom. The Hall–Kier alpha value is -1.71. The number of carboxylic acids is 1. The summed E-state index contributed by atoms with van der Waals surface area (Å²) in [6.45, 7) is 1.83. The van der Waals surface area contributed by atoms with Crippen molar-refractivity contribution in [1.82, 2.24) is 0 Å². The zero-order chi connectivity index (χ0) is 9.42. The van der Waals surface area contributed by atoms with Gasteiger partial charge in [-0.1, -0.05) is 0 Å². The molecule has 0 N–H and O–H groups in total. The van der Waals surface area contributed by atoms with Gasteiger partial charge in [0.2, 0.25) is 6.79 Å². The number of aromatic carboxylic acids is 1. The summed E-state index contributed by atoms with van der Waals surface area (Å²) in [5.41, 5.74) is 0.758. The Morgan fingerprint density at radius 2 is 2.00 bits per heavy atom. The van der Waals surface area contributed by atoms with E-state index in [1.54, 1.807) is 13.0 Å². The summed E-state index contributed by atoms with van der Waals surface area (Å²) < 4.78 is 10.1. The molecule has 0 fully saturated rings. The van der Waals surface area contributed by atoms with Gasteiger partial charge in [0.05, 0.1) is 5.97 Å². The third-order valence-electron chi connectivity index (χ3n) is 1.94. The van der Waals surface area contributed by atoms with E-state index in [1.807, 2.05) is 0 Å². The largest absolute Gasteiger partial charge is 0.545 e. The van der Waals surface area contributed by atoms with E-state index in [9.17, 15) is 9.90 Å². The predicted octanol–water partition coefficient (Wildman–Crippen LogP) is 0.0872. The second-order valence-corrected chi connectivity index (χ2v) is 2.81. The number of carboxylic acid groups (broad SMARTS) is 1. The van der Waals surface area contributed by atoms with Crippen LogP contribution in [0.1, 0.15) is 15.9 Å². The van der Waals surface area contributed by atoms with Gasteiger partial charge in [-0.2, -0.15) is 0 Å². The number of benzene rings is 1. The molecule has 0 spiro atoms. The van der Waals surface area contributed by atoms with Crippen molar-refractivity contribution in [3.63, 3.8) is 0 Å². The van der Waals surface area contributed by atoms with Crippen LogP contribution in [0.2, 0.25) is 0 Å². The average molecular weight is 179 g/mol. The highest BCUT2D eigenvalue weighted by Gasteiger charge is 2.15. The Labute approximate surface area is 74.7 Å². The minimum absolute atomic E-state index is 0.143. The molecule has 1 aliphatic rings. The third kappa shape index (κ3) is 1.20. The zero-order valence-corrected chi connectivity index (χ0v) is 6.99. The summed E-state index contributed by atoms with van der Waals surface area (Å²) in [5, 5.41) is 10.6. The predicted molar refractivity (Wildman–Crippen MR) is 41.6 cm³/mol. The van der Waals surface area contributed by atoms with E-state index in [1.165, 1.54) is 6.07 Å². The molecule has 0 aliphatic carbocycles.